The van der Waals surface area contributed by atoms with E-state index in [0.29, 0.717) is 12.8 Å². The number of hydrogen-bond donors (Lipinski definition) is 0. The van der Waals surface area contributed by atoms with E-state index in [9.17, 15) is 14.0 Å². The molecule has 3 rings (SSSR count). The third kappa shape index (κ3) is 6.11. The van der Waals surface area contributed by atoms with E-state index >= 15 is 0 Å². The smallest absolute Gasteiger partial charge is 0.417 e. The maximum atomic E-state index is 13.4. The van der Waals surface area contributed by atoms with Gasteiger partial charge in [-0.2, -0.15) is 4.18 Å². The van der Waals surface area contributed by atoms with E-state index in [0.717, 1.165) is 11.1 Å². The average Bonchev–Trinajstić information content (AvgIpc) is 3.15. The molecule has 1 aliphatic rings. The molecule has 1 saturated heterocycles. The van der Waals surface area contributed by atoms with Crippen LogP contribution in [-0.4, -0.2) is 34.5 Å². The van der Waals surface area contributed by atoms with Gasteiger partial charge >= 0.3 is 6.09 Å². The second-order valence-electron chi connectivity index (χ2n) is 8.86. The fourth-order valence-electron chi connectivity index (χ4n) is 3.44. The Hall–Kier alpha value is -2.38. The molecule has 0 N–H and O–H groups in total. The highest BCUT2D eigenvalue weighted by Gasteiger charge is 2.39. The molecule has 0 bridgehead atoms. The summed E-state index contributed by atoms with van der Waals surface area (Å²) in [5.74, 6) is -0.556. The lowest BCUT2D eigenvalue weighted by molar-refractivity contribution is -0.129. The molecule has 3 unspecified atom stereocenters. The zero-order chi connectivity index (χ0) is 23.3. The fourth-order valence-corrected chi connectivity index (χ4v) is 4.29. The number of amides is 2. The van der Waals surface area contributed by atoms with Crippen LogP contribution in [-0.2, 0) is 24.9 Å². The van der Waals surface area contributed by atoms with Gasteiger partial charge in [-0.1, -0.05) is 42.5 Å². The lowest BCUT2D eigenvalue weighted by atomic mass is 10.0. The summed E-state index contributed by atoms with van der Waals surface area (Å²) in [5, 5.41) is 0. The molecule has 2 amide bonds. The van der Waals surface area contributed by atoms with Crippen LogP contribution < -0.4 is 0 Å². The predicted molar refractivity (Wildman–Crippen MR) is 124 cm³/mol. The summed E-state index contributed by atoms with van der Waals surface area (Å²) in [6.45, 7) is 6.51. The van der Waals surface area contributed by atoms with Crippen molar-refractivity contribution in [2.24, 2.45) is 0 Å². The normalized spacial score (nSPS) is 18.3. The van der Waals surface area contributed by atoms with E-state index in [1.165, 1.54) is 17.0 Å². The van der Waals surface area contributed by atoms with Gasteiger partial charge in [0.25, 0.3) is 0 Å². The molecule has 0 saturated carbocycles. The van der Waals surface area contributed by atoms with Crippen LogP contribution in [0.4, 0.5) is 9.18 Å². The van der Waals surface area contributed by atoms with Gasteiger partial charge in [-0.05, 0) is 56.9 Å². The zero-order valence-corrected chi connectivity index (χ0v) is 19.9. The quantitative estimate of drug-likeness (QED) is 0.472. The molecule has 1 aliphatic heterocycles. The summed E-state index contributed by atoms with van der Waals surface area (Å²) in [5.41, 5.74) is 1.75. The summed E-state index contributed by atoms with van der Waals surface area (Å²) >= 11 is -0.339. The number of carbonyl (C=O) groups is 2. The number of ether oxygens (including phenoxy) is 1. The van der Waals surface area contributed by atoms with Crippen LogP contribution in [0.2, 0.25) is 0 Å². The maximum absolute atomic E-state index is 13.4. The first kappa shape index (κ1) is 24.3. The predicted octanol–water partition coefficient (Wildman–Crippen LogP) is 5.74. The average molecular weight is 461 g/mol. The molecular formula is C25H31FNO4S+. The number of cyclic esters (lactones) is 1. The minimum atomic E-state index is -0.599. The Bertz CT molecular complexity index is 914. The third-order valence-electron chi connectivity index (χ3n) is 5.55. The largest absolute Gasteiger partial charge is 0.446 e. The van der Waals surface area contributed by atoms with Crippen LogP contribution in [0.5, 0.6) is 0 Å². The third-order valence-corrected chi connectivity index (χ3v) is 7.79. The highest BCUT2D eigenvalue weighted by atomic mass is 32.2. The SMILES string of the molecule is C[S+](OC(CCCC(=O)N1C(=O)OCC1c1ccccc1)c1ccc(F)cc1)C(C)(C)C. The van der Waals surface area contributed by atoms with Gasteiger partial charge in [0.2, 0.25) is 5.91 Å². The van der Waals surface area contributed by atoms with Crippen LogP contribution in [0.15, 0.2) is 54.6 Å². The van der Waals surface area contributed by atoms with Gasteiger partial charge in [0.05, 0.1) is 0 Å². The van der Waals surface area contributed by atoms with E-state index in [2.05, 4.69) is 20.8 Å². The Kier molecular flexibility index (Phi) is 7.96. The lowest BCUT2D eigenvalue weighted by Crippen LogP contribution is -2.34. The molecule has 3 atom stereocenters. The Morgan fingerprint density at radius 3 is 2.47 bits per heavy atom. The van der Waals surface area contributed by atoms with Crippen molar-refractivity contribution < 1.29 is 22.9 Å². The van der Waals surface area contributed by atoms with Crippen LogP contribution >= 0.6 is 0 Å². The monoisotopic (exact) mass is 460 g/mol. The van der Waals surface area contributed by atoms with Crippen molar-refractivity contribution in [1.82, 2.24) is 4.90 Å². The van der Waals surface area contributed by atoms with Crippen LogP contribution in [0, 0.1) is 5.82 Å². The van der Waals surface area contributed by atoms with Crippen molar-refractivity contribution in [3.05, 3.63) is 71.5 Å². The van der Waals surface area contributed by atoms with E-state index in [1.54, 1.807) is 12.1 Å². The molecule has 2 aromatic rings. The van der Waals surface area contributed by atoms with E-state index in [-0.39, 0.29) is 46.8 Å². The van der Waals surface area contributed by atoms with Gasteiger partial charge in [-0.3, -0.25) is 4.79 Å². The number of carbonyl (C=O) groups excluding carboxylic acids is 2. The maximum Gasteiger partial charge on any atom is 0.417 e. The number of rotatable bonds is 8. The Balaban J connectivity index is 1.65. The van der Waals surface area contributed by atoms with E-state index in [1.807, 2.05) is 36.6 Å². The lowest BCUT2D eigenvalue weighted by Gasteiger charge is -2.23. The standard InChI is InChI=1S/C25H31FNO4S/c1-25(2,3)32(4)31-22(19-13-15-20(26)16-14-19)11-8-12-23(28)27-21(17-30-24(27)29)18-9-6-5-7-10-18/h5-7,9-10,13-16,21-22H,8,11-12,17H2,1-4H3/q+1. The highest BCUT2D eigenvalue weighted by Crippen LogP contribution is 2.32. The van der Waals surface area contributed by atoms with Crippen LogP contribution in [0.1, 0.15) is 63.3 Å². The summed E-state index contributed by atoms with van der Waals surface area (Å²) in [6, 6.07) is 15.3. The zero-order valence-electron chi connectivity index (χ0n) is 19.0. The molecule has 172 valence electrons. The summed E-state index contributed by atoms with van der Waals surface area (Å²) < 4.78 is 24.9. The van der Waals surface area contributed by atoms with Crippen molar-refractivity contribution >= 4 is 23.2 Å². The van der Waals surface area contributed by atoms with Gasteiger partial charge in [-0.15, -0.1) is 0 Å². The minimum absolute atomic E-state index is 0.0314. The first-order valence-corrected chi connectivity index (χ1v) is 12.3. The topological polar surface area (TPSA) is 55.8 Å². The molecule has 5 nitrogen and oxygen atoms in total. The van der Waals surface area contributed by atoms with Crippen molar-refractivity contribution in [2.45, 2.75) is 56.9 Å². The molecule has 0 spiro atoms. The highest BCUT2D eigenvalue weighted by molar-refractivity contribution is 7.93. The summed E-state index contributed by atoms with van der Waals surface area (Å²) in [4.78, 5) is 26.4. The number of nitrogens with zero attached hydrogens (tertiary/aromatic N) is 1. The number of imide groups is 1. The fraction of sp³-hybridized carbons (Fsp3) is 0.440. The minimum Gasteiger partial charge on any atom is -0.446 e. The molecule has 0 aliphatic carbocycles. The van der Waals surface area contributed by atoms with Crippen molar-refractivity contribution in [3.63, 3.8) is 0 Å². The number of benzene rings is 2. The molecule has 7 heteroatoms. The first-order chi connectivity index (χ1) is 15.2. The van der Waals surface area contributed by atoms with Gasteiger partial charge in [0, 0.05) is 6.42 Å². The molecule has 2 aromatic carbocycles. The Morgan fingerprint density at radius 2 is 1.84 bits per heavy atom. The summed E-state index contributed by atoms with van der Waals surface area (Å²) in [6.07, 6.45) is 2.51. The molecule has 1 fully saturated rings. The second-order valence-corrected chi connectivity index (χ2v) is 11.2. The number of hydrogen-bond acceptors (Lipinski definition) is 4. The first-order valence-electron chi connectivity index (χ1n) is 10.8. The van der Waals surface area contributed by atoms with Crippen LogP contribution in [0.3, 0.4) is 0 Å². The molecule has 32 heavy (non-hydrogen) atoms. The molecule has 0 radical (unpaired) electrons. The summed E-state index contributed by atoms with van der Waals surface area (Å²) in [7, 11) is 0. The van der Waals surface area contributed by atoms with Crippen molar-refractivity contribution in [2.75, 3.05) is 12.9 Å². The Morgan fingerprint density at radius 1 is 1.19 bits per heavy atom. The van der Waals surface area contributed by atoms with Crippen molar-refractivity contribution in [3.8, 4) is 0 Å². The molecular weight excluding hydrogens is 429 g/mol. The van der Waals surface area contributed by atoms with Gasteiger partial charge < -0.3 is 4.74 Å². The van der Waals surface area contributed by atoms with Gasteiger partial charge in [0.15, 0.2) is 4.75 Å². The molecule has 1 heterocycles. The second kappa shape index (κ2) is 10.5. The van der Waals surface area contributed by atoms with Crippen LogP contribution in [0.25, 0.3) is 0 Å². The van der Waals surface area contributed by atoms with Gasteiger partial charge in [-0.25, -0.2) is 14.1 Å². The van der Waals surface area contributed by atoms with Crippen molar-refractivity contribution in [1.29, 1.82) is 0 Å². The van der Waals surface area contributed by atoms with E-state index in [4.69, 9.17) is 8.92 Å². The Labute approximate surface area is 192 Å². The van der Waals surface area contributed by atoms with Gasteiger partial charge in [0.1, 0.15) is 42.0 Å². The number of halogens is 1. The van der Waals surface area contributed by atoms with E-state index < -0.39 is 12.1 Å². The molecule has 0 aromatic heterocycles.